The van der Waals surface area contributed by atoms with Gasteiger partial charge >= 0.3 is 0 Å². The molecule has 0 heterocycles. The Hall–Kier alpha value is -1.01. The van der Waals surface area contributed by atoms with Gasteiger partial charge in [-0.25, -0.2) is 0 Å². The molecule has 1 aliphatic carbocycles. The van der Waals surface area contributed by atoms with E-state index in [1.807, 2.05) is 38.4 Å². The molecule has 25 heavy (non-hydrogen) atoms. The Morgan fingerprint density at radius 2 is 1.92 bits per heavy atom. The average molecular weight is 392 g/mol. The molecule has 0 radical (unpaired) electrons. The molecule has 2 unspecified atom stereocenters. The van der Waals surface area contributed by atoms with Crippen molar-refractivity contribution in [1.29, 1.82) is 0 Å². The van der Waals surface area contributed by atoms with Crippen molar-refractivity contribution >= 4 is 30.7 Å². The van der Waals surface area contributed by atoms with Crippen molar-refractivity contribution in [2.45, 2.75) is 38.3 Å². The SMILES string of the molecule is CN(C)CCOc1ccc(CNC(=O)C2CCCC(N)C2)cc1.Cl.Cl. The van der Waals surface area contributed by atoms with Crippen LogP contribution in [0.3, 0.4) is 0 Å². The number of rotatable bonds is 7. The molecule has 2 atom stereocenters. The fourth-order valence-electron chi connectivity index (χ4n) is 2.85. The number of carbonyl (C=O) groups is 1. The van der Waals surface area contributed by atoms with Gasteiger partial charge in [-0.15, -0.1) is 24.8 Å². The molecule has 1 aliphatic rings. The lowest BCUT2D eigenvalue weighted by molar-refractivity contribution is -0.126. The molecule has 0 aromatic heterocycles. The van der Waals surface area contributed by atoms with E-state index in [9.17, 15) is 4.79 Å². The minimum absolute atomic E-state index is 0. The lowest BCUT2D eigenvalue weighted by Crippen LogP contribution is -2.37. The van der Waals surface area contributed by atoms with E-state index in [-0.39, 0.29) is 42.7 Å². The zero-order valence-electron chi connectivity index (χ0n) is 15.1. The summed E-state index contributed by atoms with van der Waals surface area (Å²) in [5, 5.41) is 3.02. The van der Waals surface area contributed by atoms with Crippen LogP contribution in [0.1, 0.15) is 31.2 Å². The average Bonchev–Trinajstić information content (AvgIpc) is 2.53. The van der Waals surface area contributed by atoms with Crippen LogP contribution in [0, 0.1) is 5.92 Å². The first-order valence-corrected chi connectivity index (χ1v) is 8.44. The van der Waals surface area contributed by atoms with Gasteiger partial charge < -0.3 is 20.7 Å². The quantitative estimate of drug-likeness (QED) is 0.749. The molecule has 0 aliphatic heterocycles. The van der Waals surface area contributed by atoms with Crippen molar-refractivity contribution in [3.8, 4) is 5.75 Å². The summed E-state index contributed by atoms with van der Waals surface area (Å²) in [6, 6.07) is 8.08. The number of nitrogens with two attached hydrogens (primary N) is 1. The Labute approximate surface area is 163 Å². The minimum Gasteiger partial charge on any atom is -0.492 e. The predicted molar refractivity (Wildman–Crippen MR) is 107 cm³/mol. The lowest BCUT2D eigenvalue weighted by atomic mass is 9.85. The van der Waals surface area contributed by atoms with Crippen LogP contribution in [0.15, 0.2) is 24.3 Å². The molecule has 1 aromatic carbocycles. The Balaban J connectivity index is 0.00000288. The number of halogens is 2. The maximum Gasteiger partial charge on any atom is 0.223 e. The maximum absolute atomic E-state index is 12.2. The van der Waals surface area contributed by atoms with E-state index in [1.54, 1.807) is 0 Å². The van der Waals surface area contributed by atoms with Crippen LogP contribution in [0.2, 0.25) is 0 Å². The van der Waals surface area contributed by atoms with Gasteiger partial charge in [0, 0.05) is 25.0 Å². The number of nitrogens with one attached hydrogen (secondary N) is 1. The molecule has 1 amide bonds. The molecule has 0 spiro atoms. The number of hydrogen-bond donors (Lipinski definition) is 2. The largest absolute Gasteiger partial charge is 0.492 e. The topological polar surface area (TPSA) is 67.6 Å². The molecule has 3 N–H and O–H groups in total. The first-order chi connectivity index (χ1) is 11.0. The van der Waals surface area contributed by atoms with Crippen molar-refractivity contribution in [1.82, 2.24) is 10.2 Å². The highest BCUT2D eigenvalue weighted by atomic mass is 35.5. The molecule has 7 heteroatoms. The first kappa shape index (κ1) is 24.0. The zero-order valence-corrected chi connectivity index (χ0v) is 16.7. The Kier molecular flexibility index (Phi) is 11.9. The normalized spacial score (nSPS) is 19.5. The molecule has 0 bridgehead atoms. The second-order valence-electron chi connectivity index (χ2n) is 6.64. The molecule has 0 saturated heterocycles. The summed E-state index contributed by atoms with van der Waals surface area (Å²) < 4.78 is 5.66. The van der Waals surface area contributed by atoms with Crippen LogP contribution in [0.5, 0.6) is 5.75 Å². The van der Waals surface area contributed by atoms with Gasteiger partial charge in [-0.3, -0.25) is 4.79 Å². The van der Waals surface area contributed by atoms with Crippen molar-refractivity contribution in [2.75, 3.05) is 27.2 Å². The molecule has 144 valence electrons. The summed E-state index contributed by atoms with van der Waals surface area (Å²) in [5.41, 5.74) is 7.03. The standard InChI is InChI=1S/C18H29N3O2.2ClH/c1-21(2)10-11-23-17-8-6-14(7-9-17)13-20-18(22)15-4-3-5-16(19)12-15;;/h6-9,15-16H,3-5,10-13,19H2,1-2H3,(H,20,22);2*1H. The van der Waals surface area contributed by atoms with Gasteiger partial charge in [0.2, 0.25) is 5.91 Å². The third kappa shape index (κ3) is 8.77. The Morgan fingerprint density at radius 1 is 1.24 bits per heavy atom. The van der Waals surface area contributed by atoms with Gasteiger partial charge in [0.15, 0.2) is 0 Å². The molecular formula is C18H31Cl2N3O2. The maximum atomic E-state index is 12.2. The van der Waals surface area contributed by atoms with Crippen LogP contribution < -0.4 is 15.8 Å². The lowest BCUT2D eigenvalue weighted by Gasteiger charge is -2.25. The fourth-order valence-corrected chi connectivity index (χ4v) is 2.85. The summed E-state index contributed by atoms with van der Waals surface area (Å²) in [4.78, 5) is 14.3. The number of ether oxygens (including phenoxy) is 1. The molecule has 1 aromatic rings. The van der Waals surface area contributed by atoms with Gasteiger partial charge in [0.1, 0.15) is 12.4 Å². The van der Waals surface area contributed by atoms with Crippen LogP contribution in [0.4, 0.5) is 0 Å². The Morgan fingerprint density at radius 3 is 2.52 bits per heavy atom. The minimum atomic E-state index is 0. The van der Waals surface area contributed by atoms with Crippen molar-refractivity contribution < 1.29 is 9.53 Å². The zero-order chi connectivity index (χ0) is 16.7. The summed E-state index contributed by atoms with van der Waals surface area (Å²) >= 11 is 0. The van der Waals surface area contributed by atoms with E-state index in [1.165, 1.54) is 0 Å². The second kappa shape index (κ2) is 12.4. The highest BCUT2D eigenvalue weighted by molar-refractivity contribution is 5.85. The van der Waals surface area contributed by atoms with Crippen molar-refractivity contribution in [3.63, 3.8) is 0 Å². The third-order valence-electron chi connectivity index (χ3n) is 4.28. The summed E-state index contributed by atoms with van der Waals surface area (Å²) in [7, 11) is 4.04. The summed E-state index contributed by atoms with van der Waals surface area (Å²) in [6.07, 6.45) is 3.86. The van der Waals surface area contributed by atoms with Gasteiger partial charge in [-0.1, -0.05) is 18.6 Å². The van der Waals surface area contributed by atoms with E-state index in [0.29, 0.717) is 13.2 Å². The van der Waals surface area contributed by atoms with E-state index < -0.39 is 0 Å². The number of amides is 1. The molecular weight excluding hydrogens is 361 g/mol. The van der Waals surface area contributed by atoms with Gasteiger partial charge in [-0.05, 0) is 51.1 Å². The number of nitrogens with zero attached hydrogens (tertiary/aromatic N) is 1. The van der Waals surface area contributed by atoms with Gasteiger partial charge in [0.25, 0.3) is 0 Å². The van der Waals surface area contributed by atoms with E-state index in [4.69, 9.17) is 10.5 Å². The fraction of sp³-hybridized carbons (Fsp3) is 0.611. The number of carbonyl (C=O) groups excluding carboxylic acids is 1. The third-order valence-corrected chi connectivity index (χ3v) is 4.28. The number of benzene rings is 1. The van der Waals surface area contributed by atoms with Crippen LogP contribution in [-0.4, -0.2) is 44.1 Å². The van der Waals surface area contributed by atoms with Crippen molar-refractivity contribution in [3.05, 3.63) is 29.8 Å². The molecule has 2 rings (SSSR count). The highest BCUT2D eigenvalue weighted by Gasteiger charge is 2.24. The Bertz CT molecular complexity index is 498. The van der Waals surface area contributed by atoms with Crippen molar-refractivity contribution in [2.24, 2.45) is 11.7 Å². The number of hydrogen-bond acceptors (Lipinski definition) is 4. The second-order valence-corrected chi connectivity index (χ2v) is 6.64. The van der Waals surface area contributed by atoms with Crippen LogP contribution in [0.25, 0.3) is 0 Å². The monoisotopic (exact) mass is 391 g/mol. The molecule has 5 nitrogen and oxygen atoms in total. The van der Waals surface area contributed by atoms with Crippen LogP contribution >= 0.6 is 24.8 Å². The molecule has 1 fully saturated rings. The summed E-state index contributed by atoms with van der Waals surface area (Å²) in [6.45, 7) is 2.12. The van der Waals surface area contributed by atoms with E-state index in [0.717, 1.165) is 43.5 Å². The summed E-state index contributed by atoms with van der Waals surface area (Å²) in [5.74, 6) is 1.07. The van der Waals surface area contributed by atoms with E-state index in [2.05, 4.69) is 10.2 Å². The highest BCUT2D eigenvalue weighted by Crippen LogP contribution is 2.23. The molecule has 1 saturated carbocycles. The van der Waals surface area contributed by atoms with Gasteiger partial charge in [0.05, 0.1) is 0 Å². The number of likely N-dealkylation sites (N-methyl/N-ethyl adjacent to an activating group) is 1. The smallest absolute Gasteiger partial charge is 0.223 e. The van der Waals surface area contributed by atoms with Gasteiger partial charge in [-0.2, -0.15) is 0 Å². The predicted octanol–water partition coefficient (Wildman–Crippen LogP) is 2.60. The van der Waals surface area contributed by atoms with Crippen LogP contribution in [-0.2, 0) is 11.3 Å². The van der Waals surface area contributed by atoms with E-state index >= 15 is 0 Å². The first-order valence-electron chi connectivity index (χ1n) is 8.44.